The molecule has 0 aliphatic heterocycles. The Morgan fingerprint density at radius 1 is 1.31 bits per heavy atom. The van der Waals surface area contributed by atoms with Crippen LogP contribution in [-0.2, 0) is 0 Å². The molecular weight excluding hydrogens is 188 g/mol. The topological polar surface area (TPSA) is 48.9 Å². The third-order valence-electron chi connectivity index (χ3n) is 1.69. The van der Waals surface area contributed by atoms with Gasteiger partial charge in [0.1, 0.15) is 10.9 Å². The van der Waals surface area contributed by atoms with Crippen molar-refractivity contribution < 1.29 is 5.11 Å². The lowest BCUT2D eigenvalue weighted by molar-refractivity contribution is 0.475. The number of aromatic nitrogens is 2. The summed E-state index contributed by atoms with van der Waals surface area (Å²) in [5.74, 6) is 0.219. The molecule has 2 N–H and O–H groups in total. The zero-order chi connectivity index (χ0) is 9.26. The van der Waals surface area contributed by atoms with Gasteiger partial charge in [0.05, 0.1) is 5.69 Å². The highest BCUT2D eigenvalue weighted by Crippen LogP contribution is 2.22. The Bertz CT molecular complexity index is 425. The van der Waals surface area contributed by atoms with Gasteiger partial charge in [0, 0.05) is 11.6 Å². The molecular formula is C9H7ClN2O. The summed E-state index contributed by atoms with van der Waals surface area (Å²) >= 11 is 5.67. The first-order valence-electron chi connectivity index (χ1n) is 3.76. The Kier molecular flexibility index (Phi) is 1.94. The fraction of sp³-hybridized carbons (Fsp3) is 0. The van der Waals surface area contributed by atoms with Gasteiger partial charge in [-0.05, 0) is 12.1 Å². The van der Waals surface area contributed by atoms with Gasteiger partial charge in [-0.2, -0.15) is 5.10 Å². The van der Waals surface area contributed by atoms with Gasteiger partial charge in [0.15, 0.2) is 0 Å². The predicted molar refractivity (Wildman–Crippen MR) is 50.7 cm³/mol. The SMILES string of the molecule is Oc1cccc(-c2cc(Cl)[nH]n2)c1. The van der Waals surface area contributed by atoms with Crippen LogP contribution in [0.1, 0.15) is 0 Å². The summed E-state index contributed by atoms with van der Waals surface area (Å²) in [5, 5.41) is 16.3. The molecule has 0 radical (unpaired) electrons. The van der Waals surface area contributed by atoms with Crippen molar-refractivity contribution in [2.24, 2.45) is 0 Å². The summed E-state index contributed by atoms with van der Waals surface area (Å²) in [6, 6.07) is 8.56. The highest BCUT2D eigenvalue weighted by atomic mass is 35.5. The van der Waals surface area contributed by atoms with Crippen molar-refractivity contribution in [3.63, 3.8) is 0 Å². The molecule has 0 aliphatic carbocycles. The number of aromatic amines is 1. The van der Waals surface area contributed by atoms with E-state index in [1.165, 1.54) is 0 Å². The molecule has 66 valence electrons. The lowest BCUT2D eigenvalue weighted by Gasteiger charge is -1.95. The Morgan fingerprint density at radius 3 is 2.77 bits per heavy atom. The highest BCUT2D eigenvalue weighted by Gasteiger charge is 2.02. The van der Waals surface area contributed by atoms with E-state index in [9.17, 15) is 5.11 Å². The van der Waals surface area contributed by atoms with Crippen LogP contribution in [-0.4, -0.2) is 15.3 Å². The van der Waals surface area contributed by atoms with Crippen LogP contribution in [0.3, 0.4) is 0 Å². The summed E-state index contributed by atoms with van der Waals surface area (Å²) in [4.78, 5) is 0. The molecule has 3 nitrogen and oxygen atoms in total. The van der Waals surface area contributed by atoms with E-state index < -0.39 is 0 Å². The first-order valence-corrected chi connectivity index (χ1v) is 4.14. The Morgan fingerprint density at radius 2 is 2.15 bits per heavy atom. The van der Waals surface area contributed by atoms with Crippen LogP contribution in [0.15, 0.2) is 30.3 Å². The number of nitrogens with zero attached hydrogens (tertiary/aromatic N) is 1. The first kappa shape index (κ1) is 8.13. The summed E-state index contributed by atoms with van der Waals surface area (Å²) in [7, 11) is 0. The van der Waals surface area contributed by atoms with Crippen molar-refractivity contribution in [3.05, 3.63) is 35.5 Å². The average molecular weight is 195 g/mol. The molecule has 0 spiro atoms. The minimum atomic E-state index is 0.219. The molecule has 0 unspecified atom stereocenters. The van der Waals surface area contributed by atoms with Gasteiger partial charge in [-0.25, -0.2) is 0 Å². The van der Waals surface area contributed by atoms with E-state index in [4.69, 9.17) is 11.6 Å². The van der Waals surface area contributed by atoms with Crippen LogP contribution in [0.2, 0.25) is 5.15 Å². The van der Waals surface area contributed by atoms with E-state index >= 15 is 0 Å². The van der Waals surface area contributed by atoms with Gasteiger partial charge in [0.25, 0.3) is 0 Å². The van der Waals surface area contributed by atoms with E-state index in [1.54, 1.807) is 24.3 Å². The number of phenols is 1. The zero-order valence-corrected chi connectivity index (χ0v) is 7.42. The Hall–Kier alpha value is -1.48. The molecule has 0 saturated heterocycles. The van der Waals surface area contributed by atoms with Crippen molar-refractivity contribution >= 4 is 11.6 Å². The Balaban J connectivity index is 2.46. The number of aromatic hydroxyl groups is 1. The quantitative estimate of drug-likeness (QED) is 0.733. The molecule has 0 saturated carbocycles. The molecule has 2 rings (SSSR count). The minimum Gasteiger partial charge on any atom is -0.508 e. The second kappa shape index (κ2) is 3.11. The van der Waals surface area contributed by atoms with Crippen molar-refractivity contribution in [1.82, 2.24) is 10.2 Å². The molecule has 0 aliphatic rings. The number of halogens is 1. The smallest absolute Gasteiger partial charge is 0.124 e. The average Bonchev–Trinajstić information content (AvgIpc) is 2.52. The Labute approximate surface area is 80.0 Å². The van der Waals surface area contributed by atoms with Gasteiger partial charge in [-0.3, -0.25) is 5.10 Å². The molecule has 13 heavy (non-hydrogen) atoms. The zero-order valence-electron chi connectivity index (χ0n) is 6.66. The number of H-pyrrole nitrogens is 1. The van der Waals surface area contributed by atoms with Gasteiger partial charge >= 0.3 is 0 Å². The number of hydrogen-bond donors (Lipinski definition) is 2. The molecule has 1 aromatic carbocycles. The third-order valence-corrected chi connectivity index (χ3v) is 1.88. The molecule has 2 aromatic rings. The van der Waals surface area contributed by atoms with Crippen LogP contribution in [0.5, 0.6) is 5.75 Å². The maximum Gasteiger partial charge on any atom is 0.124 e. The summed E-state index contributed by atoms with van der Waals surface area (Å²) in [6.45, 7) is 0. The van der Waals surface area contributed by atoms with Crippen LogP contribution < -0.4 is 0 Å². The maximum absolute atomic E-state index is 9.21. The second-order valence-corrected chi connectivity index (χ2v) is 3.06. The van der Waals surface area contributed by atoms with Crippen LogP contribution in [0.4, 0.5) is 0 Å². The fourth-order valence-electron chi connectivity index (χ4n) is 1.11. The van der Waals surface area contributed by atoms with E-state index in [0.29, 0.717) is 5.15 Å². The molecule has 0 amide bonds. The van der Waals surface area contributed by atoms with Gasteiger partial charge in [-0.15, -0.1) is 0 Å². The summed E-state index contributed by atoms with van der Waals surface area (Å²) < 4.78 is 0. The molecule has 0 atom stereocenters. The monoisotopic (exact) mass is 194 g/mol. The van der Waals surface area contributed by atoms with Crippen molar-refractivity contribution in [2.75, 3.05) is 0 Å². The van der Waals surface area contributed by atoms with Gasteiger partial charge in [-0.1, -0.05) is 23.7 Å². The van der Waals surface area contributed by atoms with Crippen LogP contribution in [0.25, 0.3) is 11.3 Å². The van der Waals surface area contributed by atoms with Crippen LogP contribution >= 0.6 is 11.6 Å². The number of nitrogens with one attached hydrogen (secondary N) is 1. The van der Waals surface area contributed by atoms with Crippen molar-refractivity contribution in [1.29, 1.82) is 0 Å². The maximum atomic E-state index is 9.21. The highest BCUT2D eigenvalue weighted by molar-refractivity contribution is 6.29. The van der Waals surface area contributed by atoms with E-state index in [2.05, 4.69) is 10.2 Å². The third kappa shape index (κ3) is 1.65. The molecule has 1 heterocycles. The number of hydrogen-bond acceptors (Lipinski definition) is 2. The van der Waals surface area contributed by atoms with Crippen LogP contribution in [0, 0.1) is 0 Å². The molecule has 0 fully saturated rings. The number of phenolic OH excluding ortho intramolecular Hbond substituents is 1. The minimum absolute atomic E-state index is 0.219. The predicted octanol–water partition coefficient (Wildman–Crippen LogP) is 2.44. The standard InChI is InChI=1S/C9H7ClN2O/c10-9-5-8(11-12-9)6-2-1-3-7(13)4-6/h1-5,13H,(H,11,12). The largest absolute Gasteiger partial charge is 0.508 e. The fourth-order valence-corrected chi connectivity index (χ4v) is 1.26. The van der Waals surface area contributed by atoms with Gasteiger partial charge < -0.3 is 5.11 Å². The molecule has 1 aromatic heterocycles. The summed E-state index contributed by atoms with van der Waals surface area (Å²) in [5.41, 5.74) is 1.56. The van der Waals surface area contributed by atoms with Crippen molar-refractivity contribution in [2.45, 2.75) is 0 Å². The lowest BCUT2D eigenvalue weighted by Crippen LogP contribution is -1.76. The lowest BCUT2D eigenvalue weighted by atomic mass is 10.1. The normalized spacial score (nSPS) is 10.2. The first-order chi connectivity index (χ1) is 6.25. The summed E-state index contributed by atoms with van der Waals surface area (Å²) in [6.07, 6.45) is 0. The molecule has 0 bridgehead atoms. The van der Waals surface area contributed by atoms with E-state index in [-0.39, 0.29) is 5.75 Å². The number of rotatable bonds is 1. The van der Waals surface area contributed by atoms with Gasteiger partial charge in [0.2, 0.25) is 0 Å². The van der Waals surface area contributed by atoms with E-state index in [1.807, 2.05) is 6.07 Å². The van der Waals surface area contributed by atoms with E-state index in [0.717, 1.165) is 11.3 Å². The number of benzene rings is 1. The second-order valence-electron chi connectivity index (χ2n) is 2.65. The van der Waals surface area contributed by atoms with Crippen molar-refractivity contribution in [3.8, 4) is 17.0 Å². The molecule has 4 heteroatoms.